The van der Waals surface area contributed by atoms with Gasteiger partial charge in [-0.2, -0.15) is 15.0 Å². The number of benzene rings is 1. The summed E-state index contributed by atoms with van der Waals surface area (Å²) in [6, 6.07) is 7.99. The predicted octanol–water partition coefficient (Wildman–Crippen LogP) is 3.66. The lowest BCUT2D eigenvalue weighted by molar-refractivity contribution is 0.440. The molecule has 6 heteroatoms. The van der Waals surface area contributed by atoms with Gasteiger partial charge in [-0.15, -0.1) is 0 Å². The third kappa shape index (κ3) is 3.57. The van der Waals surface area contributed by atoms with Gasteiger partial charge in [0.2, 0.25) is 11.2 Å². The molecule has 0 atom stereocenters. The molecule has 1 heterocycles. The summed E-state index contributed by atoms with van der Waals surface area (Å²) in [6.45, 7) is 6.48. The number of hydrogen-bond acceptors (Lipinski definition) is 5. The lowest BCUT2D eigenvalue weighted by Gasteiger charge is -2.18. The molecule has 0 spiro atoms. The van der Waals surface area contributed by atoms with E-state index in [4.69, 9.17) is 16.3 Å². The molecule has 1 aromatic carbocycles. The Morgan fingerprint density at radius 1 is 1.05 bits per heavy atom. The topological polar surface area (TPSA) is 59.9 Å². The number of anilines is 1. The van der Waals surface area contributed by atoms with Gasteiger partial charge in [-0.05, 0) is 34.7 Å². The van der Waals surface area contributed by atoms with Gasteiger partial charge in [-0.25, -0.2) is 0 Å². The van der Waals surface area contributed by atoms with Crippen molar-refractivity contribution in [2.75, 3.05) is 12.4 Å². The van der Waals surface area contributed by atoms with Gasteiger partial charge in [0.15, 0.2) is 0 Å². The van der Waals surface area contributed by atoms with Gasteiger partial charge in [0.05, 0.1) is 0 Å². The van der Waals surface area contributed by atoms with E-state index >= 15 is 0 Å². The maximum Gasteiger partial charge on any atom is 0.328 e. The molecular weight excluding hydrogens is 276 g/mol. The molecule has 0 bridgehead atoms. The van der Waals surface area contributed by atoms with Crippen molar-refractivity contribution in [2.45, 2.75) is 26.2 Å². The van der Waals surface area contributed by atoms with Gasteiger partial charge in [-0.1, -0.05) is 32.9 Å². The standard InChI is InChI=1S/C14H17ClN4O/c1-14(2,3)9-5-7-10(8-6-9)20-13-18-11(15)17-12(16-4)19-13/h5-8H,1-4H3,(H,16,17,18,19). The summed E-state index contributed by atoms with van der Waals surface area (Å²) in [5.41, 5.74) is 1.34. The SMILES string of the molecule is CNc1nc(Cl)nc(Oc2ccc(C(C)(C)C)cc2)n1. The van der Waals surface area contributed by atoms with Crippen LogP contribution in [0.1, 0.15) is 26.3 Å². The fraction of sp³-hybridized carbons (Fsp3) is 0.357. The average Bonchev–Trinajstić information content (AvgIpc) is 2.37. The molecule has 0 amide bonds. The summed E-state index contributed by atoms with van der Waals surface area (Å²) >= 11 is 5.80. The van der Waals surface area contributed by atoms with Crippen molar-refractivity contribution >= 4 is 17.5 Å². The van der Waals surface area contributed by atoms with Crippen LogP contribution in [0.25, 0.3) is 0 Å². The Kier molecular flexibility index (Phi) is 4.09. The zero-order valence-corrected chi connectivity index (χ0v) is 12.7. The van der Waals surface area contributed by atoms with Gasteiger partial charge in [0.25, 0.3) is 0 Å². The summed E-state index contributed by atoms with van der Waals surface area (Å²) in [6.07, 6.45) is 0. The average molecular weight is 293 g/mol. The van der Waals surface area contributed by atoms with Crippen LogP contribution in [0.4, 0.5) is 5.95 Å². The number of halogens is 1. The quantitative estimate of drug-likeness (QED) is 0.935. The number of hydrogen-bond donors (Lipinski definition) is 1. The maximum absolute atomic E-state index is 5.80. The van der Waals surface area contributed by atoms with Crippen molar-refractivity contribution in [3.8, 4) is 11.8 Å². The van der Waals surface area contributed by atoms with Crippen molar-refractivity contribution in [2.24, 2.45) is 0 Å². The highest BCUT2D eigenvalue weighted by atomic mass is 35.5. The molecule has 5 nitrogen and oxygen atoms in total. The van der Waals surface area contributed by atoms with Crippen molar-refractivity contribution in [1.29, 1.82) is 0 Å². The van der Waals surface area contributed by atoms with Crippen molar-refractivity contribution in [1.82, 2.24) is 15.0 Å². The molecule has 0 aliphatic rings. The zero-order chi connectivity index (χ0) is 14.8. The minimum atomic E-state index is 0.0886. The number of aromatic nitrogens is 3. The van der Waals surface area contributed by atoms with Gasteiger partial charge < -0.3 is 10.1 Å². The Labute approximate surface area is 123 Å². The van der Waals surface area contributed by atoms with Crippen molar-refractivity contribution in [3.05, 3.63) is 35.1 Å². The van der Waals surface area contributed by atoms with Crippen LogP contribution in [0, 0.1) is 0 Å². The molecule has 2 rings (SSSR count). The van der Waals surface area contributed by atoms with Crippen LogP contribution in [0.15, 0.2) is 24.3 Å². The first-order valence-electron chi connectivity index (χ1n) is 6.26. The third-order valence-electron chi connectivity index (χ3n) is 2.74. The van der Waals surface area contributed by atoms with Crippen LogP contribution < -0.4 is 10.1 Å². The minimum absolute atomic E-state index is 0.0886. The van der Waals surface area contributed by atoms with E-state index in [0.717, 1.165) is 0 Å². The summed E-state index contributed by atoms with van der Waals surface area (Å²) in [5.74, 6) is 1.02. The molecule has 1 aromatic heterocycles. The second kappa shape index (κ2) is 5.63. The fourth-order valence-electron chi connectivity index (χ4n) is 1.62. The summed E-state index contributed by atoms with van der Waals surface area (Å²) in [4.78, 5) is 11.9. The molecule has 0 fully saturated rings. The molecular formula is C14H17ClN4O. The van der Waals surface area contributed by atoms with Crippen LogP contribution in [-0.4, -0.2) is 22.0 Å². The number of rotatable bonds is 3. The Hall–Kier alpha value is -1.88. The first-order valence-corrected chi connectivity index (χ1v) is 6.64. The second-order valence-electron chi connectivity index (χ2n) is 5.34. The molecule has 0 saturated heterocycles. The third-order valence-corrected chi connectivity index (χ3v) is 2.91. The Morgan fingerprint density at radius 3 is 2.25 bits per heavy atom. The predicted molar refractivity (Wildman–Crippen MR) is 79.6 cm³/mol. The van der Waals surface area contributed by atoms with Gasteiger partial charge in [0, 0.05) is 7.05 Å². The fourth-order valence-corrected chi connectivity index (χ4v) is 1.77. The van der Waals surface area contributed by atoms with E-state index in [9.17, 15) is 0 Å². The number of nitrogens with one attached hydrogen (secondary N) is 1. The Balaban J connectivity index is 2.20. The van der Waals surface area contributed by atoms with Crippen LogP contribution in [0.3, 0.4) is 0 Å². The van der Waals surface area contributed by atoms with Gasteiger partial charge >= 0.3 is 6.01 Å². The highest BCUT2D eigenvalue weighted by Crippen LogP contribution is 2.26. The van der Waals surface area contributed by atoms with E-state index < -0.39 is 0 Å². The van der Waals surface area contributed by atoms with Crippen LogP contribution in [0.5, 0.6) is 11.8 Å². The van der Waals surface area contributed by atoms with E-state index in [0.29, 0.717) is 11.7 Å². The largest absolute Gasteiger partial charge is 0.424 e. The van der Waals surface area contributed by atoms with Crippen molar-refractivity contribution in [3.63, 3.8) is 0 Å². The summed E-state index contributed by atoms with van der Waals surface area (Å²) in [7, 11) is 1.70. The molecule has 0 saturated carbocycles. The Morgan fingerprint density at radius 2 is 1.70 bits per heavy atom. The van der Waals surface area contributed by atoms with E-state index in [-0.39, 0.29) is 16.7 Å². The molecule has 106 valence electrons. The molecule has 20 heavy (non-hydrogen) atoms. The molecule has 0 radical (unpaired) electrons. The molecule has 0 unspecified atom stereocenters. The first-order chi connectivity index (χ1) is 9.38. The van der Waals surface area contributed by atoms with Crippen molar-refractivity contribution < 1.29 is 4.74 Å². The van der Waals surface area contributed by atoms with Gasteiger partial charge in [-0.3, -0.25) is 0 Å². The normalized spacial score (nSPS) is 11.2. The highest BCUT2D eigenvalue weighted by molar-refractivity contribution is 6.28. The summed E-state index contributed by atoms with van der Waals surface area (Å²) < 4.78 is 5.58. The van der Waals surface area contributed by atoms with Gasteiger partial charge in [0.1, 0.15) is 5.75 Å². The number of nitrogens with zero attached hydrogens (tertiary/aromatic N) is 3. The zero-order valence-electron chi connectivity index (χ0n) is 11.9. The van der Waals surface area contributed by atoms with E-state index in [2.05, 4.69) is 41.0 Å². The van der Waals surface area contributed by atoms with Crippen LogP contribution in [-0.2, 0) is 5.41 Å². The van der Waals surface area contributed by atoms with Crippen LogP contribution in [0.2, 0.25) is 5.28 Å². The second-order valence-corrected chi connectivity index (χ2v) is 5.68. The smallest absolute Gasteiger partial charge is 0.328 e. The van der Waals surface area contributed by atoms with Crippen LogP contribution >= 0.6 is 11.6 Å². The number of ether oxygens (including phenoxy) is 1. The lowest BCUT2D eigenvalue weighted by atomic mass is 9.87. The molecule has 1 N–H and O–H groups in total. The monoisotopic (exact) mass is 292 g/mol. The van der Waals surface area contributed by atoms with E-state index in [1.54, 1.807) is 7.05 Å². The molecule has 2 aromatic rings. The maximum atomic E-state index is 5.80. The first kappa shape index (κ1) is 14.5. The highest BCUT2D eigenvalue weighted by Gasteiger charge is 2.13. The minimum Gasteiger partial charge on any atom is -0.424 e. The Bertz CT molecular complexity index is 593. The summed E-state index contributed by atoms with van der Waals surface area (Å²) in [5, 5.41) is 2.88. The van der Waals surface area contributed by atoms with E-state index in [1.165, 1.54) is 5.56 Å². The lowest BCUT2D eigenvalue weighted by Crippen LogP contribution is -2.10. The molecule has 0 aliphatic carbocycles. The van der Waals surface area contributed by atoms with E-state index in [1.807, 2.05) is 24.3 Å². The molecule has 0 aliphatic heterocycles.